The second-order valence-electron chi connectivity index (χ2n) is 8.94. The Bertz CT molecular complexity index is 1350. The maximum Gasteiger partial charge on any atom is 0.296 e. The Morgan fingerprint density at radius 1 is 1.03 bits per heavy atom. The van der Waals surface area contributed by atoms with Crippen LogP contribution in [0.4, 0.5) is 0 Å². The molecule has 2 aliphatic rings. The summed E-state index contributed by atoms with van der Waals surface area (Å²) in [5, 5.41) is 20.4. The molecule has 2 aromatic carbocycles. The largest absolute Gasteiger partial charge is 0.456 e. The van der Waals surface area contributed by atoms with Crippen molar-refractivity contribution in [1.82, 2.24) is 15.0 Å². The molecule has 2 fully saturated rings. The van der Waals surface area contributed by atoms with Crippen LogP contribution >= 0.6 is 11.6 Å². The third-order valence-corrected chi connectivity index (χ3v) is 6.93. The van der Waals surface area contributed by atoms with Gasteiger partial charge in [-0.2, -0.15) is 4.98 Å². The molecule has 0 radical (unpaired) electrons. The highest BCUT2D eigenvalue weighted by Crippen LogP contribution is 2.38. The van der Waals surface area contributed by atoms with E-state index < -0.39 is 23.9 Å². The van der Waals surface area contributed by atoms with Gasteiger partial charge in [-0.25, -0.2) is 4.98 Å². The Labute approximate surface area is 206 Å². The summed E-state index contributed by atoms with van der Waals surface area (Å²) in [7, 11) is 0. The number of aliphatic hydroxyl groups excluding tert-OH is 1. The normalized spacial score (nSPS) is 25.7. The molecule has 0 aliphatic carbocycles. The van der Waals surface area contributed by atoms with E-state index in [1.165, 1.54) is 0 Å². The summed E-state index contributed by atoms with van der Waals surface area (Å²) in [5.41, 5.74) is 3.68. The van der Waals surface area contributed by atoms with Crippen LogP contribution in [0.5, 0.6) is 6.01 Å². The number of nitrogens with zero attached hydrogens (tertiary/aromatic N) is 2. The predicted octanol–water partition coefficient (Wildman–Crippen LogP) is 3.60. The number of aromatic amines is 1. The molecule has 8 nitrogen and oxygen atoms in total. The van der Waals surface area contributed by atoms with Crippen molar-refractivity contribution in [2.45, 2.75) is 30.3 Å². The van der Waals surface area contributed by atoms with Crippen LogP contribution in [0.1, 0.15) is 6.42 Å². The van der Waals surface area contributed by atoms with Gasteiger partial charge in [0.15, 0.2) is 11.8 Å². The van der Waals surface area contributed by atoms with Crippen molar-refractivity contribution >= 4 is 22.8 Å². The third kappa shape index (κ3) is 4.07. The standard InChI is InChI=1S/C26H24ClN3O5/c27-18-12-19-24(29-21(18)17-8-6-16(7-9-17)15-4-2-1-3-5-15)30-25(28-19)35-20-13-33-23-22(20)34-14-26(23,32)10-11-31/h1-9,12,20,22-23,31-32H,10-11,13-14H2,(H,28,29,30)/t20-,22-,23+,26-/m1/s1. The van der Waals surface area contributed by atoms with E-state index in [1.54, 1.807) is 6.07 Å². The number of aromatic nitrogens is 3. The van der Waals surface area contributed by atoms with Gasteiger partial charge < -0.3 is 29.4 Å². The zero-order valence-electron chi connectivity index (χ0n) is 18.7. The number of pyridine rings is 1. The second-order valence-corrected chi connectivity index (χ2v) is 9.35. The van der Waals surface area contributed by atoms with Crippen LogP contribution < -0.4 is 4.74 Å². The molecule has 2 saturated heterocycles. The minimum atomic E-state index is -1.22. The van der Waals surface area contributed by atoms with Crippen LogP contribution in [-0.4, -0.2) is 68.9 Å². The highest BCUT2D eigenvalue weighted by Gasteiger charge is 2.56. The van der Waals surface area contributed by atoms with E-state index in [2.05, 4.69) is 27.1 Å². The second kappa shape index (κ2) is 8.89. The number of aliphatic hydroxyl groups is 2. The number of ether oxygens (including phenoxy) is 3. The highest BCUT2D eigenvalue weighted by molar-refractivity contribution is 6.33. The van der Waals surface area contributed by atoms with Gasteiger partial charge in [0.05, 0.1) is 29.4 Å². The molecule has 180 valence electrons. The predicted molar refractivity (Wildman–Crippen MR) is 130 cm³/mol. The molecule has 6 rings (SSSR count). The van der Waals surface area contributed by atoms with E-state index >= 15 is 0 Å². The molecule has 0 saturated carbocycles. The van der Waals surface area contributed by atoms with Crippen molar-refractivity contribution in [2.75, 3.05) is 19.8 Å². The molecule has 0 amide bonds. The lowest BCUT2D eigenvalue weighted by Gasteiger charge is -2.25. The van der Waals surface area contributed by atoms with Crippen LogP contribution in [0, 0.1) is 0 Å². The monoisotopic (exact) mass is 493 g/mol. The molecular weight excluding hydrogens is 470 g/mol. The number of H-pyrrole nitrogens is 1. The number of halogens is 1. The van der Waals surface area contributed by atoms with E-state index in [0.717, 1.165) is 16.7 Å². The van der Waals surface area contributed by atoms with Crippen molar-refractivity contribution in [1.29, 1.82) is 0 Å². The molecule has 3 N–H and O–H groups in total. The minimum Gasteiger partial charge on any atom is -0.456 e. The van der Waals surface area contributed by atoms with E-state index in [0.29, 0.717) is 21.9 Å². The van der Waals surface area contributed by atoms with Crippen molar-refractivity contribution in [3.05, 3.63) is 65.7 Å². The SMILES string of the molecule is OCC[C@@]1(O)CO[C@@H]2[C@H](Oc3nc4nc(-c5ccc(-c6ccccc6)cc5)c(Cl)cc4[nH]3)CO[C@@H]21. The fourth-order valence-corrected chi connectivity index (χ4v) is 5.08. The molecule has 4 aromatic rings. The molecule has 2 aliphatic heterocycles. The molecule has 35 heavy (non-hydrogen) atoms. The number of imidazole rings is 1. The first-order valence-electron chi connectivity index (χ1n) is 11.5. The maximum atomic E-state index is 10.7. The van der Waals surface area contributed by atoms with Crippen molar-refractivity contribution < 1.29 is 24.4 Å². The van der Waals surface area contributed by atoms with Crippen LogP contribution in [0.2, 0.25) is 5.02 Å². The first-order valence-corrected chi connectivity index (χ1v) is 11.9. The van der Waals surface area contributed by atoms with Gasteiger partial charge in [-0.3, -0.25) is 0 Å². The molecule has 4 heterocycles. The Hall–Kier alpha value is -3.01. The number of nitrogens with one attached hydrogen (secondary N) is 1. The zero-order chi connectivity index (χ0) is 24.0. The lowest BCUT2D eigenvalue weighted by Crippen LogP contribution is -2.44. The van der Waals surface area contributed by atoms with Gasteiger partial charge in [-0.1, -0.05) is 66.2 Å². The van der Waals surface area contributed by atoms with E-state index in [1.807, 2.05) is 42.5 Å². The van der Waals surface area contributed by atoms with Gasteiger partial charge in [0.1, 0.15) is 17.8 Å². The van der Waals surface area contributed by atoms with Gasteiger partial charge >= 0.3 is 0 Å². The van der Waals surface area contributed by atoms with E-state index in [-0.39, 0.29) is 32.3 Å². The summed E-state index contributed by atoms with van der Waals surface area (Å²) < 4.78 is 17.5. The van der Waals surface area contributed by atoms with Gasteiger partial charge in [0.2, 0.25) is 0 Å². The zero-order valence-corrected chi connectivity index (χ0v) is 19.5. The molecule has 9 heteroatoms. The smallest absolute Gasteiger partial charge is 0.296 e. The number of fused-ring (bicyclic) bond motifs is 2. The molecule has 0 spiro atoms. The fourth-order valence-electron chi connectivity index (χ4n) is 4.82. The molecule has 2 aromatic heterocycles. The molecular formula is C26H24ClN3O5. The van der Waals surface area contributed by atoms with E-state index in [9.17, 15) is 10.2 Å². The topological polar surface area (TPSA) is 110 Å². The lowest BCUT2D eigenvalue weighted by atomic mass is 9.93. The number of hydrogen-bond acceptors (Lipinski definition) is 7. The van der Waals surface area contributed by atoms with Crippen LogP contribution in [0.3, 0.4) is 0 Å². The maximum absolute atomic E-state index is 10.7. The molecule has 0 bridgehead atoms. The first kappa shape index (κ1) is 22.5. The highest BCUT2D eigenvalue weighted by atomic mass is 35.5. The van der Waals surface area contributed by atoms with Gasteiger partial charge in [-0.05, 0) is 17.2 Å². The van der Waals surface area contributed by atoms with Crippen LogP contribution in [-0.2, 0) is 9.47 Å². The minimum absolute atomic E-state index is 0.0898. The summed E-state index contributed by atoms with van der Waals surface area (Å²) in [6.45, 7) is 0.186. The molecule has 0 unspecified atom stereocenters. The van der Waals surface area contributed by atoms with Crippen LogP contribution in [0.15, 0.2) is 60.7 Å². The number of hydrogen-bond donors (Lipinski definition) is 3. The molecule has 4 atom stereocenters. The first-order chi connectivity index (χ1) is 17.0. The van der Waals surface area contributed by atoms with Crippen molar-refractivity contribution in [3.63, 3.8) is 0 Å². The average Bonchev–Trinajstić information content (AvgIpc) is 3.55. The summed E-state index contributed by atoms with van der Waals surface area (Å²) in [6.07, 6.45) is -1.27. The summed E-state index contributed by atoms with van der Waals surface area (Å²) in [5.74, 6) is 0. The Balaban J connectivity index is 1.22. The number of benzene rings is 2. The van der Waals surface area contributed by atoms with Gasteiger partial charge in [0, 0.05) is 18.6 Å². The summed E-state index contributed by atoms with van der Waals surface area (Å²) in [6, 6.07) is 20.3. The van der Waals surface area contributed by atoms with E-state index in [4.69, 9.17) is 25.8 Å². The lowest BCUT2D eigenvalue weighted by molar-refractivity contribution is -0.0793. The van der Waals surface area contributed by atoms with Crippen molar-refractivity contribution in [3.8, 4) is 28.4 Å². The van der Waals surface area contributed by atoms with Crippen LogP contribution in [0.25, 0.3) is 33.5 Å². The average molecular weight is 494 g/mol. The van der Waals surface area contributed by atoms with Gasteiger partial charge in [0.25, 0.3) is 6.01 Å². The Morgan fingerprint density at radius 3 is 2.54 bits per heavy atom. The Kier molecular flexibility index (Phi) is 5.70. The fraction of sp³-hybridized carbons (Fsp3) is 0.308. The Morgan fingerprint density at radius 2 is 1.77 bits per heavy atom. The van der Waals surface area contributed by atoms with Gasteiger partial charge in [-0.15, -0.1) is 0 Å². The summed E-state index contributed by atoms with van der Waals surface area (Å²) >= 11 is 6.57. The summed E-state index contributed by atoms with van der Waals surface area (Å²) in [4.78, 5) is 12.3. The third-order valence-electron chi connectivity index (χ3n) is 6.64. The number of rotatable bonds is 6. The van der Waals surface area contributed by atoms with Crippen molar-refractivity contribution in [2.24, 2.45) is 0 Å². The quantitative estimate of drug-likeness (QED) is 0.376.